The van der Waals surface area contributed by atoms with Crippen LogP contribution in [0.3, 0.4) is 0 Å². The summed E-state index contributed by atoms with van der Waals surface area (Å²) in [6.07, 6.45) is 3.46. The zero-order chi connectivity index (χ0) is 15.2. The largest absolute Gasteiger partial charge is 0.591 e. The van der Waals surface area contributed by atoms with E-state index in [9.17, 15) is 8.94 Å². The fraction of sp³-hybridized carbons (Fsp3) is 0.400. The van der Waals surface area contributed by atoms with Crippen molar-refractivity contribution in [1.82, 2.24) is 0 Å². The van der Waals surface area contributed by atoms with Crippen LogP contribution >= 0.6 is 0 Å². The van der Waals surface area contributed by atoms with E-state index >= 15 is 0 Å². The first-order valence-corrected chi connectivity index (χ1v) is 7.42. The van der Waals surface area contributed by atoms with Gasteiger partial charge >= 0.3 is 0 Å². The van der Waals surface area contributed by atoms with Crippen molar-refractivity contribution in [1.29, 1.82) is 0 Å². The van der Waals surface area contributed by atoms with E-state index in [1.54, 1.807) is 18.2 Å². The molecule has 1 rings (SSSR count). The SMILES string of the molecule is C=CCOc1c(F)cccc1CC=N[S@@+]([O-])C(C)(C)C. The molecule has 3 nitrogen and oxygen atoms in total. The second kappa shape index (κ2) is 7.45. The lowest BCUT2D eigenvalue weighted by molar-refractivity contribution is 0.339. The van der Waals surface area contributed by atoms with Crippen molar-refractivity contribution in [3.05, 3.63) is 42.2 Å². The molecule has 110 valence electrons. The van der Waals surface area contributed by atoms with Crippen LogP contribution in [-0.4, -0.2) is 22.1 Å². The topological polar surface area (TPSA) is 44.6 Å². The van der Waals surface area contributed by atoms with Gasteiger partial charge in [0, 0.05) is 12.0 Å². The van der Waals surface area contributed by atoms with Crippen molar-refractivity contribution in [2.75, 3.05) is 6.61 Å². The second-order valence-corrected chi connectivity index (χ2v) is 7.12. The van der Waals surface area contributed by atoms with Crippen molar-refractivity contribution in [2.45, 2.75) is 31.9 Å². The molecule has 20 heavy (non-hydrogen) atoms. The summed E-state index contributed by atoms with van der Waals surface area (Å²) in [7, 11) is 0. The molecule has 0 saturated carbocycles. The van der Waals surface area contributed by atoms with Crippen LogP contribution in [0.15, 0.2) is 35.3 Å². The van der Waals surface area contributed by atoms with Crippen LogP contribution in [0.2, 0.25) is 0 Å². The predicted molar refractivity (Wildman–Crippen MR) is 82.2 cm³/mol. The molecule has 0 saturated heterocycles. The van der Waals surface area contributed by atoms with Gasteiger partial charge in [0.2, 0.25) is 0 Å². The highest BCUT2D eigenvalue weighted by atomic mass is 32.2. The van der Waals surface area contributed by atoms with Crippen LogP contribution in [0.4, 0.5) is 4.39 Å². The molecule has 0 bridgehead atoms. The molecule has 1 aromatic carbocycles. The molecule has 0 heterocycles. The van der Waals surface area contributed by atoms with Crippen LogP contribution in [-0.2, 0) is 17.8 Å². The van der Waals surface area contributed by atoms with E-state index in [0.29, 0.717) is 12.0 Å². The third-order valence-corrected chi connectivity index (χ3v) is 3.79. The summed E-state index contributed by atoms with van der Waals surface area (Å²) in [5.41, 5.74) is 0.668. The van der Waals surface area contributed by atoms with E-state index in [2.05, 4.69) is 11.0 Å². The monoisotopic (exact) mass is 297 g/mol. The fourth-order valence-corrected chi connectivity index (χ4v) is 1.91. The summed E-state index contributed by atoms with van der Waals surface area (Å²) in [6, 6.07) is 4.71. The minimum atomic E-state index is -1.31. The Morgan fingerprint density at radius 1 is 1.45 bits per heavy atom. The Morgan fingerprint density at radius 2 is 2.15 bits per heavy atom. The normalized spacial score (nSPS) is 13.4. The van der Waals surface area contributed by atoms with Crippen molar-refractivity contribution >= 4 is 17.6 Å². The molecule has 0 N–H and O–H groups in total. The Labute approximate surface area is 122 Å². The predicted octanol–water partition coefficient (Wildman–Crippen LogP) is 3.47. The molecule has 0 aliphatic rings. The van der Waals surface area contributed by atoms with Gasteiger partial charge in [-0.3, -0.25) is 0 Å². The van der Waals surface area contributed by atoms with Gasteiger partial charge in [-0.1, -0.05) is 29.2 Å². The molecular formula is C15H20FNO2S. The van der Waals surface area contributed by atoms with E-state index < -0.39 is 21.9 Å². The number of ether oxygens (including phenoxy) is 1. The minimum Gasteiger partial charge on any atom is -0.591 e. The number of benzene rings is 1. The maximum Gasteiger partial charge on any atom is 0.165 e. The Bertz CT molecular complexity index is 483. The van der Waals surface area contributed by atoms with Crippen LogP contribution in [0, 0.1) is 5.82 Å². The zero-order valence-corrected chi connectivity index (χ0v) is 12.9. The van der Waals surface area contributed by atoms with Crippen LogP contribution < -0.4 is 4.74 Å². The summed E-state index contributed by atoms with van der Waals surface area (Å²) < 4.78 is 34.4. The van der Waals surface area contributed by atoms with Gasteiger partial charge in [-0.15, -0.1) is 0 Å². The summed E-state index contributed by atoms with van der Waals surface area (Å²) >= 11 is -1.31. The Kier molecular flexibility index (Phi) is 6.23. The van der Waals surface area contributed by atoms with Crippen molar-refractivity contribution in [3.8, 4) is 5.75 Å². The van der Waals surface area contributed by atoms with E-state index in [0.717, 1.165) is 0 Å². The molecular weight excluding hydrogens is 277 g/mol. The molecule has 1 aromatic rings. The van der Waals surface area contributed by atoms with Gasteiger partial charge in [-0.2, -0.15) is 0 Å². The highest BCUT2D eigenvalue weighted by Gasteiger charge is 2.25. The summed E-state index contributed by atoms with van der Waals surface area (Å²) in [6.45, 7) is 9.31. The summed E-state index contributed by atoms with van der Waals surface area (Å²) in [5.74, 6) is -0.227. The van der Waals surface area contributed by atoms with E-state index in [1.807, 2.05) is 20.8 Å². The van der Waals surface area contributed by atoms with Crippen LogP contribution in [0.5, 0.6) is 5.75 Å². The second-order valence-electron chi connectivity index (χ2n) is 5.18. The number of hydrogen-bond donors (Lipinski definition) is 0. The van der Waals surface area contributed by atoms with Gasteiger partial charge in [-0.25, -0.2) is 4.39 Å². The van der Waals surface area contributed by atoms with E-state index in [4.69, 9.17) is 4.74 Å². The van der Waals surface area contributed by atoms with E-state index in [1.165, 1.54) is 12.3 Å². The van der Waals surface area contributed by atoms with Gasteiger partial charge in [-0.05, 0) is 26.8 Å². The third-order valence-electron chi connectivity index (χ3n) is 2.40. The van der Waals surface area contributed by atoms with Crippen molar-refractivity contribution < 1.29 is 13.7 Å². The standard InChI is InChI=1S/C15H20FNO2S/c1-5-11-19-14-12(7-6-8-13(14)16)9-10-17-20(18)15(2,3)4/h5-8,10H,1,9,11H2,2-4H3/t20-/m0/s1. The summed E-state index contributed by atoms with van der Waals surface area (Å²) in [4.78, 5) is 0. The molecule has 0 unspecified atom stereocenters. The number of para-hydroxylation sites is 1. The summed E-state index contributed by atoms with van der Waals surface area (Å²) in [5, 5.41) is 0. The van der Waals surface area contributed by atoms with Gasteiger partial charge < -0.3 is 9.29 Å². The number of nitrogens with zero attached hydrogens (tertiary/aromatic N) is 1. The molecule has 0 aliphatic heterocycles. The number of hydrogen-bond acceptors (Lipinski definition) is 3. The molecule has 0 aliphatic carbocycles. The first kappa shape index (κ1) is 16.7. The molecule has 5 heteroatoms. The molecule has 0 spiro atoms. The lowest BCUT2D eigenvalue weighted by Crippen LogP contribution is -2.25. The van der Waals surface area contributed by atoms with Gasteiger partial charge in [0.25, 0.3) is 0 Å². The Morgan fingerprint density at radius 3 is 2.75 bits per heavy atom. The van der Waals surface area contributed by atoms with Gasteiger partial charge in [0.05, 0.1) is 6.21 Å². The molecule has 0 fully saturated rings. The van der Waals surface area contributed by atoms with Crippen LogP contribution in [0.1, 0.15) is 26.3 Å². The van der Waals surface area contributed by atoms with Crippen molar-refractivity contribution in [2.24, 2.45) is 4.40 Å². The zero-order valence-electron chi connectivity index (χ0n) is 12.1. The number of halogens is 1. The average molecular weight is 297 g/mol. The molecule has 0 aromatic heterocycles. The number of rotatable bonds is 6. The maximum atomic E-state index is 13.7. The van der Waals surface area contributed by atoms with Gasteiger partial charge in [0.1, 0.15) is 22.7 Å². The first-order chi connectivity index (χ1) is 9.36. The quantitative estimate of drug-likeness (QED) is 0.458. The molecule has 0 radical (unpaired) electrons. The molecule has 1 atom stereocenters. The highest BCUT2D eigenvalue weighted by Crippen LogP contribution is 2.23. The minimum absolute atomic E-state index is 0.195. The van der Waals surface area contributed by atoms with Gasteiger partial charge in [0.15, 0.2) is 11.6 Å². The molecule has 0 amide bonds. The lowest BCUT2D eigenvalue weighted by atomic mass is 10.1. The smallest absolute Gasteiger partial charge is 0.165 e. The fourth-order valence-electron chi connectivity index (χ4n) is 1.38. The Hall–Kier alpha value is -1.33. The first-order valence-electron chi connectivity index (χ1n) is 6.32. The third kappa shape index (κ3) is 4.98. The maximum absolute atomic E-state index is 13.7. The van der Waals surface area contributed by atoms with E-state index in [-0.39, 0.29) is 12.4 Å². The Balaban J connectivity index is 2.79. The van der Waals surface area contributed by atoms with Crippen LogP contribution in [0.25, 0.3) is 0 Å². The highest BCUT2D eigenvalue weighted by molar-refractivity contribution is 7.91. The lowest BCUT2D eigenvalue weighted by Gasteiger charge is -2.17. The van der Waals surface area contributed by atoms with Crippen molar-refractivity contribution in [3.63, 3.8) is 0 Å². The average Bonchev–Trinajstić information content (AvgIpc) is 2.36.